The van der Waals surface area contributed by atoms with Crippen LogP contribution in [-0.2, 0) is 9.47 Å². The number of halogens is 1. The van der Waals surface area contributed by atoms with Crippen molar-refractivity contribution in [1.29, 1.82) is 0 Å². The minimum absolute atomic E-state index is 0.132. The van der Waals surface area contributed by atoms with Gasteiger partial charge in [-0.15, -0.1) is 0 Å². The molecule has 1 aromatic rings. The van der Waals surface area contributed by atoms with Crippen LogP contribution in [0, 0.1) is 5.92 Å². The van der Waals surface area contributed by atoms with Crippen LogP contribution in [0.15, 0.2) is 24.3 Å². The number of carbonyl (C=O) groups excluding carboxylic acids is 1. The lowest BCUT2D eigenvalue weighted by molar-refractivity contribution is -0.0233. The zero-order valence-electron chi connectivity index (χ0n) is 15.3. The Balaban J connectivity index is 2.12. The highest BCUT2D eigenvalue weighted by atomic mass is 35.5. The monoisotopic (exact) mass is 368 g/mol. The van der Waals surface area contributed by atoms with Crippen molar-refractivity contribution in [3.05, 3.63) is 34.9 Å². The highest BCUT2D eigenvalue weighted by Crippen LogP contribution is 2.34. The van der Waals surface area contributed by atoms with Crippen molar-refractivity contribution in [2.45, 2.75) is 45.3 Å². The van der Waals surface area contributed by atoms with Crippen molar-refractivity contribution in [2.75, 3.05) is 26.2 Å². The fraction of sp³-hybridized carbons (Fsp3) is 0.632. The summed E-state index contributed by atoms with van der Waals surface area (Å²) < 4.78 is 11.6. The van der Waals surface area contributed by atoms with Gasteiger partial charge in [-0.1, -0.05) is 23.7 Å². The van der Waals surface area contributed by atoms with Crippen LogP contribution < -0.4 is 5.73 Å². The normalized spacial score (nSPS) is 19.6. The van der Waals surface area contributed by atoms with Crippen LogP contribution in [0.5, 0.6) is 0 Å². The molecule has 2 N–H and O–H groups in total. The predicted molar refractivity (Wildman–Crippen MR) is 99.7 cm³/mol. The number of hydrogen-bond acceptors (Lipinski definition) is 4. The number of ether oxygens (including phenoxy) is 2. The van der Waals surface area contributed by atoms with Gasteiger partial charge in [0, 0.05) is 30.6 Å². The second-order valence-corrected chi connectivity index (χ2v) is 7.90. The molecule has 1 unspecified atom stereocenters. The van der Waals surface area contributed by atoms with Gasteiger partial charge in [0.2, 0.25) is 0 Å². The fourth-order valence-corrected chi connectivity index (χ4v) is 3.33. The molecule has 1 aliphatic heterocycles. The quantitative estimate of drug-likeness (QED) is 0.852. The molecule has 0 radical (unpaired) electrons. The van der Waals surface area contributed by atoms with Gasteiger partial charge in [-0.2, -0.15) is 0 Å². The molecule has 1 aliphatic rings. The molecule has 5 nitrogen and oxygen atoms in total. The van der Waals surface area contributed by atoms with Crippen molar-refractivity contribution >= 4 is 17.7 Å². The lowest BCUT2D eigenvalue weighted by Gasteiger charge is -2.37. The van der Waals surface area contributed by atoms with Crippen molar-refractivity contribution in [3.8, 4) is 0 Å². The number of benzene rings is 1. The van der Waals surface area contributed by atoms with Crippen LogP contribution in [0.3, 0.4) is 0 Å². The summed E-state index contributed by atoms with van der Waals surface area (Å²) in [6.07, 6.45) is 1.52. The van der Waals surface area contributed by atoms with Crippen molar-refractivity contribution in [2.24, 2.45) is 11.7 Å². The van der Waals surface area contributed by atoms with Gasteiger partial charge in [-0.3, -0.25) is 0 Å². The number of carbonyl (C=O) groups is 1. The molecule has 1 aromatic carbocycles. The topological polar surface area (TPSA) is 64.8 Å². The molecule has 0 aliphatic carbocycles. The Morgan fingerprint density at radius 3 is 2.84 bits per heavy atom. The first-order valence-electron chi connectivity index (χ1n) is 8.85. The number of hydrogen-bond donors (Lipinski definition) is 1. The Bertz CT molecular complexity index is 574. The summed E-state index contributed by atoms with van der Waals surface area (Å²) in [7, 11) is 0. The Morgan fingerprint density at radius 2 is 2.20 bits per heavy atom. The molecule has 1 amide bonds. The largest absolute Gasteiger partial charge is 0.444 e. The van der Waals surface area contributed by atoms with Gasteiger partial charge in [0.15, 0.2) is 0 Å². The summed E-state index contributed by atoms with van der Waals surface area (Å²) in [5, 5.41) is 0.679. The molecule has 6 heteroatoms. The molecule has 2 rings (SSSR count). The van der Waals surface area contributed by atoms with Gasteiger partial charge < -0.3 is 20.1 Å². The summed E-state index contributed by atoms with van der Waals surface area (Å²) >= 11 is 6.15. The van der Waals surface area contributed by atoms with Crippen LogP contribution >= 0.6 is 11.6 Å². The van der Waals surface area contributed by atoms with Gasteiger partial charge >= 0.3 is 6.09 Å². The van der Waals surface area contributed by atoms with E-state index in [1.165, 1.54) is 0 Å². The first-order chi connectivity index (χ1) is 11.8. The van der Waals surface area contributed by atoms with E-state index in [1.807, 2.05) is 45.0 Å². The maximum atomic E-state index is 12.4. The van der Waals surface area contributed by atoms with E-state index in [1.54, 1.807) is 4.90 Å². The highest BCUT2D eigenvalue weighted by molar-refractivity contribution is 6.30. The second kappa shape index (κ2) is 8.88. The third kappa shape index (κ3) is 6.17. The van der Waals surface area contributed by atoms with E-state index < -0.39 is 5.60 Å². The molecule has 1 fully saturated rings. The lowest BCUT2D eigenvalue weighted by atomic mass is 9.88. The van der Waals surface area contributed by atoms with E-state index in [0.29, 0.717) is 31.3 Å². The Hall–Kier alpha value is -1.30. The van der Waals surface area contributed by atoms with E-state index >= 15 is 0 Å². The Morgan fingerprint density at radius 1 is 1.44 bits per heavy atom. The van der Waals surface area contributed by atoms with Gasteiger partial charge in [0.05, 0.1) is 12.7 Å². The summed E-state index contributed by atoms with van der Waals surface area (Å²) in [5.41, 5.74) is 6.16. The van der Waals surface area contributed by atoms with E-state index in [9.17, 15) is 4.79 Å². The Labute approximate surface area is 155 Å². The standard InChI is InChI=1S/C19H29ClN2O3/c1-19(2,3)25-18(23)22-10-5-7-15(13-22)17(24-11-9-21)14-6-4-8-16(20)12-14/h4,6,8,12,15,17H,5,7,9-11,13,21H2,1-3H3/t15?,17-/m0/s1. The molecule has 2 atom stereocenters. The molecule has 0 bridgehead atoms. The molecule has 140 valence electrons. The van der Waals surface area contributed by atoms with Crippen LogP contribution in [0.4, 0.5) is 4.79 Å². The van der Waals surface area contributed by atoms with E-state index in [0.717, 1.165) is 18.4 Å². The summed E-state index contributed by atoms with van der Waals surface area (Å²) in [4.78, 5) is 14.2. The van der Waals surface area contributed by atoms with Crippen LogP contribution in [0.25, 0.3) is 0 Å². The van der Waals surface area contributed by atoms with Crippen molar-refractivity contribution in [3.63, 3.8) is 0 Å². The van der Waals surface area contributed by atoms with Gasteiger partial charge in [-0.05, 0) is 51.3 Å². The fourth-order valence-electron chi connectivity index (χ4n) is 3.13. The lowest BCUT2D eigenvalue weighted by Crippen LogP contribution is -2.44. The number of amides is 1. The maximum Gasteiger partial charge on any atom is 0.410 e. The first kappa shape index (κ1) is 20.0. The number of rotatable bonds is 5. The SMILES string of the molecule is CC(C)(C)OC(=O)N1CCCC([C@@H](OCCN)c2cccc(Cl)c2)C1. The zero-order chi connectivity index (χ0) is 18.4. The zero-order valence-corrected chi connectivity index (χ0v) is 16.1. The number of nitrogens with two attached hydrogens (primary N) is 1. The summed E-state index contributed by atoms with van der Waals surface area (Å²) in [6.45, 7) is 7.89. The van der Waals surface area contributed by atoms with Gasteiger partial charge in [0.25, 0.3) is 0 Å². The van der Waals surface area contributed by atoms with Crippen molar-refractivity contribution in [1.82, 2.24) is 4.90 Å². The first-order valence-corrected chi connectivity index (χ1v) is 9.23. The smallest absolute Gasteiger partial charge is 0.410 e. The minimum Gasteiger partial charge on any atom is -0.444 e. The minimum atomic E-state index is -0.494. The summed E-state index contributed by atoms with van der Waals surface area (Å²) in [6, 6.07) is 7.71. The number of nitrogens with zero attached hydrogens (tertiary/aromatic N) is 1. The highest BCUT2D eigenvalue weighted by Gasteiger charge is 2.33. The van der Waals surface area contributed by atoms with Crippen molar-refractivity contribution < 1.29 is 14.3 Å². The summed E-state index contributed by atoms with van der Waals surface area (Å²) in [5.74, 6) is 0.186. The van der Waals surface area contributed by atoms with E-state index in [4.69, 9.17) is 26.8 Å². The molecule has 1 saturated heterocycles. The van der Waals surface area contributed by atoms with E-state index in [-0.39, 0.29) is 18.1 Å². The second-order valence-electron chi connectivity index (χ2n) is 7.46. The van der Waals surface area contributed by atoms with E-state index in [2.05, 4.69) is 0 Å². The average molecular weight is 369 g/mol. The van der Waals surface area contributed by atoms with Crippen LogP contribution in [0.1, 0.15) is 45.3 Å². The van der Waals surface area contributed by atoms with Crippen LogP contribution in [0.2, 0.25) is 5.02 Å². The third-order valence-electron chi connectivity index (χ3n) is 4.13. The molecule has 25 heavy (non-hydrogen) atoms. The molecule has 0 saturated carbocycles. The molecular formula is C19H29ClN2O3. The Kier molecular flexibility index (Phi) is 7.11. The molecule has 1 heterocycles. The van der Waals surface area contributed by atoms with Gasteiger partial charge in [-0.25, -0.2) is 4.79 Å². The van der Waals surface area contributed by atoms with Crippen LogP contribution in [-0.4, -0.2) is 42.8 Å². The molecule has 0 spiro atoms. The predicted octanol–water partition coefficient (Wildman–Crippen LogP) is 4.00. The molecule has 0 aromatic heterocycles. The third-order valence-corrected chi connectivity index (χ3v) is 4.37. The maximum absolute atomic E-state index is 12.4. The molecular weight excluding hydrogens is 340 g/mol. The van der Waals surface area contributed by atoms with Gasteiger partial charge in [0.1, 0.15) is 5.60 Å². The number of likely N-dealkylation sites (tertiary alicyclic amines) is 1. The number of piperidine rings is 1. The average Bonchev–Trinajstić information content (AvgIpc) is 2.54.